The van der Waals surface area contributed by atoms with Gasteiger partial charge >= 0.3 is 0 Å². The van der Waals surface area contributed by atoms with Crippen LogP contribution in [0.15, 0.2) is 18.2 Å². The molecule has 1 aliphatic heterocycles. The number of hydrogen-bond donors (Lipinski definition) is 3. The number of methoxy groups -OCH3 is 1. The van der Waals surface area contributed by atoms with E-state index in [-0.39, 0.29) is 0 Å². The monoisotopic (exact) mass is 247 g/mol. The lowest BCUT2D eigenvalue weighted by atomic mass is 9.87. The lowest BCUT2D eigenvalue weighted by Crippen LogP contribution is -2.32. The number of nitrogens with two attached hydrogens (primary N) is 1. The van der Waals surface area contributed by atoms with E-state index in [4.69, 9.17) is 15.9 Å². The molecule has 0 aromatic heterocycles. The number of hydrogen-bond acceptors (Lipinski definition) is 4. The molecule has 18 heavy (non-hydrogen) atoms. The zero-order chi connectivity index (χ0) is 13.0. The topological polar surface area (TPSA) is 71.1 Å². The van der Waals surface area contributed by atoms with Crippen LogP contribution in [0.25, 0.3) is 0 Å². The highest BCUT2D eigenvalue weighted by Gasteiger charge is 2.21. The molecule has 1 fully saturated rings. The van der Waals surface area contributed by atoms with E-state index in [0.29, 0.717) is 23.9 Å². The van der Waals surface area contributed by atoms with Crippen LogP contribution in [0.3, 0.4) is 0 Å². The van der Waals surface area contributed by atoms with Gasteiger partial charge in [-0.05, 0) is 25.9 Å². The molecule has 98 valence electrons. The number of nitrogens with one attached hydrogen (secondary N) is 2. The Kier molecular flexibility index (Phi) is 4.33. The molecule has 4 N–H and O–H groups in total. The second kappa shape index (κ2) is 5.98. The van der Waals surface area contributed by atoms with Gasteiger partial charge in [-0.2, -0.15) is 0 Å². The number of ether oxygens (including phenoxy) is 1. The van der Waals surface area contributed by atoms with Crippen LogP contribution in [0, 0.1) is 11.3 Å². The number of nitrogen functional groups attached to an aromatic ring is 1. The molecule has 1 heterocycles. The summed E-state index contributed by atoms with van der Waals surface area (Å²) in [6.45, 7) is 2.48. The molecular weight excluding hydrogens is 226 g/mol. The van der Waals surface area contributed by atoms with E-state index in [0.717, 1.165) is 37.1 Å². The second-order valence-corrected chi connectivity index (χ2v) is 4.75. The highest BCUT2D eigenvalue weighted by molar-refractivity contribution is 6.04. The zero-order valence-electron chi connectivity index (χ0n) is 10.8. The Labute approximate surface area is 108 Å². The fraction of sp³-hybridized carbons (Fsp3) is 0.500. The van der Waals surface area contributed by atoms with Gasteiger partial charge in [-0.25, -0.2) is 0 Å². The molecule has 1 aliphatic rings. The van der Waals surface area contributed by atoms with Gasteiger partial charge in [0.25, 0.3) is 0 Å². The van der Waals surface area contributed by atoms with Gasteiger partial charge in [0.2, 0.25) is 0 Å². The van der Waals surface area contributed by atoms with Gasteiger partial charge in [0.15, 0.2) is 0 Å². The number of para-hydroxylation sites is 1. The Morgan fingerprint density at radius 1 is 1.44 bits per heavy atom. The van der Waals surface area contributed by atoms with Crippen molar-refractivity contribution in [3.8, 4) is 0 Å². The highest BCUT2D eigenvalue weighted by Crippen LogP contribution is 2.24. The standard InChI is InChI=1S/C14H21N3O/c1-18-9-11-3-2-4-12(14(11)16)13(15)10-5-7-17-8-6-10/h2-4,10,15,17H,5-9,16H2,1H3. The average molecular weight is 247 g/mol. The van der Waals surface area contributed by atoms with Gasteiger partial charge < -0.3 is 21.2 Å². The zero-order valence-corrected chi connectivity index (χ0v) is 10.8. The predicted molar refractivity (Wildman–Crippen MR) is 74.0 cm³/mol. The number of piperidine rings is 1. The maximum absolute atomic E-state index is 8.35. The summed E-state index contributed by atoms with van der Waals surface area (Å²) in [7, 11) is 1.66. The molecule has 0 saturated carbocycles. The van der Waals surface area contributed by atoms with Crippen LogP contribution in [-0.4, -0.2) is 25.9 Å². The van der Waals surface area contributed by atoms with Crippen LogP contribution in [-0.2, 0) is 11.3 Å². The van der Waals surface area contributed by atoms with E-state index in [9.17, 15) is 0 Å². The van der Waals surface area contributed by atoms with Gasteiger partial charge in [0, 0.05) is 35.6 Å². The quantitative estimate of drug-likeness (QED) is 0.561. The third-order valence-electron chi connectivity index (χ3n) is 3.53. The van der Waals surface area contributed by atoms with Gasteiger partial charge in [-0.15, -0.1) is 0 Å². The number of rotatable bonds is 4. The molecule has 0 aliphatic carbocycles. The predicted octanol–water partition coefficient (Wildman–Crippen LogP) is 1.78. The van der Waals surface area contributed by atoms with E-state index < -0.39 is 0 Å². The highest BCUT2D eigenvalue weighted by atomic mass is 16.5. The largest absolute Gasteiger partial charge is 0.398 e. The van der Waals surface area contributed by atoms with E-state index in [2.05, 4.69) is 5.32 Å². The van der Waals surface area contributed by atoms with E-state index in [1.807, 2.05) is 18.2 Å². The summed E-state index contributed by atoms with van der Waals surface area (Å²) in [4.78, 5) is 0. The third kappa shape index (κ3) is 2.71. The normalized spacial score (nSPS) is 16.7. The molecule has 1 aromatic carbocycles. The first kappa shape index (κ1) is 13.1. The lowest BCUT2D eigenvalue weighted by Gasteiger charge is -2.24. The Bertz CT molecular complexity index is 425. The molecular formula is C14H21N3O. The summed E-state index contributed by atoms with van der Waals surface area (Å²) in [6, 6.07) is 5.85. The van der Waals surface area contributed by atoms with Gasteiger partial charge in [0.05, 0.1) is 6.61 Å². The molecule has 1 aromatic rings. The van der Waals surface area contributed by atoms with Crippen molar-refractivity contribution in [1.82, 2.24) is 5.32 Å². The molecule has 4 heteroatoms. The van der Waals surface area contributed by atoms with Crippen molar-refractivity contribution in [2.75, 3.05) is 25.9 Å². The van der Waals surface area contributed by atoms with E-state index in [1.54, 1.807) is 7.11 Å². The number of benzene rings is 1. The van der Waals surface area contributed by atoms with Crippen LogP contribution in [0.4, 0.5) is 5.69 Å². The van der Waals surface area contributed by atoms with Gasteiger partial charge in [-0.3, -0.25) is 0 Å². The summed E-state index contributed by atoms with van der Waals surface area (Å²) >= 11 is 0. The molecule has 4 nitrogen and oxygen atoms in total. The molecule has 0 spiro atoms. The van der Waals surface area contributed by atoms with E-state index in [1.165, 1.54) is 0 Å². The van der Waals surface area contributed by atoms with Crippen molar-refractivity contribution in [2.24, 2.45) is 5.92 Å². The van der Waals surface area contributed by atoms with Crippen LogP contribution < -0.4 is 11.1 Å². The Balaban J connectivity index is 2.21. The summed E-state index contributed by atoms with van der Waals surface area (Å²) in [5.41, 5.74) is 9.35. The van der Waals surface area contributed by atoms with Gasteiger partial charge in [0.1, 0.15) is 0 Å². The minimum Gasteiger partial charge on any atom is -0.398 e. The summed E-state index contributed by atoms with van der Waals surface area (Å²) < 4.78 is 5.13. The van der Waals surface area contributed by atoms with Crippen LogP contribution >= 0.6 is 0 Å². The maximum atomic E-state index is 8.35. The summed E-state index contributed by atoms with van der Waals surface area (Å²) in [5, 5.41) is 11.7. The fourth-order valence-electron chi connectivity index (χ4n) is 2.46. The molecule has 0 radical (unpaired) electrons. The molecule has 0 bridgehead atoms. The Morgan fingerprint density at radius 2 is 2.17 bits per heavy atom. The number of anilines is 1. The first-order valence-corrected chi connectivity index (χ1v) is 6.40. The molecule has 0 amide bonds. The molecule has 2 rings (SSSR count). The van der Waals surface area contributed by atoms with Crippen molar-refractivity contribution >= 4 is 11.4 Å². The molecule has 1 saturated heterocycles. The van der Waals surface area contributed by atoms with Gasteiger partial charge in [-0.1, -0.05) is 18.2 Å². The first-order valence-electron chi connectivity index (χ1n) is 6.40. The van der Waals surface area contributed by atoms with Crippen molar-refractivity contribution in [1.29, 1.82) is 5.41 Å². The third-order valence-corrected chi connectivity index (χ3v) is 3.53. The minimum atomic E-state index is 0.325. The van der Waals surface area contributed by atoms with Crippen LogP contribution in [0.2, 0.25) is 0 Å². The SMILES string of the molecule is COCc1cccc(C(=N)C2CCNCC2)c1N. The second-order valence-electron chi connectivity index (χ2n) is 4.75. The summed E-state index contributed by atoms with van der Waals surface area (Å²) in [6.07, 6.45) is 2.04. The molecule has 0 atom stereocenters. The molecule has 0 unspecified atom stereocenters. The Hall–Kier alpha value is -1.39. The maximum Gasteiger partial charge on any atom is 0.0733 e. The average Bonchev–Trinajstić information content (AvgIpc) is 2.42. The smallest absolute Gasteiger partial charge is 0.0733 e. The Morgan fingerprint density at radius 3 is 2.83 bits per heavy atom. The fourth-order valence-corrected chi connectivity index (χ4v) is 2.46. The first-order chi connectivity index (χ1) is 8.74. The van der Waals surface area contributed by atoms with E-state index >= 15 is 0 Å². The minimum absolute atomic E-state index is 0.325. The van der Waals surface area contributed by atoms with Crippen LogP contribution in [0.5, 0.6) is 0 Å². The van der Waals surface area contributed by atoms with Crippen molar-refractivity contribution < 1.29 is 4.74 Å². The lowest BCUT2D eigenvalue weighted by molar-refractivity contribution is 0.185. The summed E-state index contributed by atoms with van der Waals surface area (Å²) in [5.74, 6) is 0.325. The van der Waals surface area contributed by atoms with Crippen molar-refractivity contribution in [3.63, 3.8) is 0 Å². The van der Waals surface area contributed by atoms with Crippen molar-refractivity contribution in [2.45, 2.75) is 19.4 Å². The van der Waals surface area contributed by atoms with Crippen LogP contribution in [0.1, 0.15) is 24.0 Å². The van der Waals surface area contributed by atoms with Crippen molar-refractivity contribution in [3.05, 3.63) is 29.3 Å².